The van der Waals surface area contributed by atoms with Gasteiger partial charge in [0.1, 0.15) is 24.4 Å². The van der Waals surface area contributed by atoms with E-state index in [2.05, 4.69) is 48.2 Å². The van der Waals surface area contributed by atoms with Crippen LogP contribution in [0.4, 0.5) is 14.5 Å². The highest BCUT2D eigenvalue weighted by Gasteiger charge is 2.46. The van der Waals surface area contributed by atoms with Crippen LogP contribution >= 0.6 is 11.6 Å². The third-order valence-corrected chi connectivity index (χ3v) is 11.3. The normalized spacial score (nSPS) is 23.0. The van der Waals surface area contributed by atoms with Crippen molar-refractivity contribution < 1.29 is 18.3 Å². The van der Waals surface area contributed by atoms with E-state index < -0.39 is 17.9 Å². The Bertz CT molecular complexity index is 2190. The standard InChI is InChI=1S/C40H44ClF2N9O2/c1-3-51-23-44-19-30(51)20-52-36-10-9-29(45-40(53)27-15-31-24(2)48-49-39(31)33(43)16-27)18-35(36)46-37(52)21-50-13-11-25(12-14-50)34-5-4-6-38(47-34)54-22-26-7-8-28(41)17-32(26)42/h4-11,17-19,23-24,27,31,33,39,48-49H,3,12-16,20-22H2,1-2H3,(H,45,53). The van der Waals surface area contributed by atoms with Gasteiger partial charge in [-0.25, -0.2) is 23.7 Å². The first kappa shape index (κ1) is 36.3. The molecule has 54 heavy (non-hydrogen) atoms. The topological polar surface area (TPSA) is 114 Å². The van der Waals surface area contributed by atoms with E-state index in [0.29, 0.717) is 48.2 Å². The number of hydrogen-bond donors (Lipinski definition) is 3. The Morgan fingerprint density at radius 1 is 1.09 bits per heavy atom. The Labute approximate surface area is 317 Å². The summed E-state index contributed by atoms with van der Waals surface area (Å²) in [5, 5.41) is 3.41. The molecule has 5 heterocycles. The van der Waals surface area contributed by atoms with Gasteiger partial charge in [-0.1, -0.05) is 29.8 Å². The van der Waals surface area contributed by atoms with E-state index in [9.17, 15) is 9.18 Å². The summed E-state index contributed by atoms with van der Waals surface area (Å²) in [6.45, 7) is 7.70. The lowest BCUT2D eigenvalue weighted by atomic mass is 9.75. The fraction of sp³-hybridized carbons (Fsp3) is 0.400. The predicted octanol–water partition coefficient (Wildman–Crippen LogP) is 6.52. The van der Waals surface area contributed by atoms with E-state index in [1.165, 1.54) is 6.07 Å². The number of carbonyl (C=O) groups excluding carboxylic acids is 1. The van der Waals surface area contributed by atoms with Gasteiger partial charge in [-0.15, -0.1) is 0 Å². The van der Waals surface area contributed by atoms with Gasteiger partial charge >= 0.3 is 0 Å². The van der Waals surface area contributed by atoms with Crippen LogP contribution in [0, 0.1) is 17.7 Å². The summed E-state index contributed by atoms with van der Waals surface area (Å²) in [6, 6.07) is 15.9. The number of anilines is 1. The third-order valence-electron chi connectivity index (χ3n) is 11.1. The second-order valence-electron chi connectivity index (χ2n) is 14.5. The van der Waals surface area contributed by atoms with Crippen LogP contribution in [0.2, 0.25) is 5.02 Å². The number of halogens is 3. The van der Waals surface area contributed by atoms with Gasteiger partial charge < -0.3 is 19.2 Å². The zero-order valence-corrected chi connectivity index (χ0v) is 31.1. The minimum Gasteiger partial charge on any atom is -0.473 e. The summed E-state index contributed by atoms with van der Waals surface area (Å²) in [5.41, 5.74) is 12.0. The van der Waals surface area contributed by atoms with Crippen LogP contribution in [0.1, 0.15) is 55.9 Å². The number of fused-ring (bicyclic) bond motifs is 2. The Balaban J connectivity index is 0.976. The summed E-state index contributed by atoms with van der Waals surface area (Å²) in [4.78, 5) is 30.0. The maximum absolute atomic E-state index is 15.0. The van der Waals surface area contributed by atoms with Gasteiger partial charge in [0.05, 0.1) is 47.9 Å². The number of aromatic nitrogens is 5. The van der Waals surface area contributed by atoms with Crippen molar-refractivity contribution >= 4 is 39.8 Å². The molecule has 3 N–H and O–H groups in total. The molecule has 0 bridgehead atoms. The molecule has 11 nitrogen and oxygen atoms in total. The average molecular weight is 756 g/mol. The first-order valence-corrected chi connectivity index (χ1v) is 19.0. The molecule has 1 saturated carbocycles. The van der Waals surface area contributed by atoms with Crippen molar-refractivity contribution in [2.24, 2.45) is 11.8 Å². The molecular formula is C40H44ClF2N9O2. The van der Waals surface area contributed by atoms with E-state index in [1.807, 2.05) is 49.8 Å². The smallest absolute Gasteiger partial charge is 0.227 e. The Morgan fingerprint density at radius 3 is 2.80 bits per heavy atom. The lowest BCUT2D eigenvalue weighted by Gasteiger charge is -2.34. The monoisotopic (exact) mass is 755 g/mol. The molecule has 0 radical (unpaired) electrons. The zero-order chi connectivity index (χ0) is 37.3. The number of hydrogen-bond acceptors (Lipinski definition) is 8. The van der Waals surface area contributed by atoms with Crippen LogP contribution in [-0.4, -0.2) is 66.2 Å². The van der Waals surface area contributed by atoms with E-state index in [0.717, 1.165) is 53.3 Å². The number of pyridine rings is 1. The predicted molar refractivity (Wildman–Crippen MR) is 204 cm³/mol. The van der Waals surface area contributed by atoms with Gasteiger partial charge in [0.15, 0.2) is 0 Å². The maximum atomic E-state index is 15.0. The number of nitrogens with one attached hydrogen (secondary N) is 3. The minimum absolute atomic E-state index is 0.0518. The molecule has 8 rings (SSSR count). The van der Waals surface area contributed by atoms with Crippen molar-refractivity contribution in [1.82, 2.24) is 39.8 Å². The second kappa shape index (κ2) is 15.6. The molecular weight excluding hydrogens is 712 g/mol. The molecule has 2 aliphatic heterocycles. The summed E-state index contributed by atoms with van der Waals surface area (Å²) < 4.78 is 39.5. The van der Waals surface area contributed by atoms with Crippen molar-refractivity contribution in [3.8, 4) is 5.88 Å². The SMILES string of the molecule is CCn1cncc1Cn1c(CN2CC=C(c3cccc(OCc4ccc(Cl)cc4F)n3)CC2)nc2cc(NC(=O)C3CC(F)C4NNC(C)C4C3)ccc21. The van der Waals surface area contributed by atoms with Crippen molar-refractivity contribution in [3.05, 3.63) is 107 Å². The number of carbonyl (C=O) groups is 1. The van der Waals surface area contributed by atoms with Crippen LogP contribution in [0.5, 0.6) is 5.88 Å². The highest BCUT2D eigenvalue weighted by atomic mass is 35.5. The second-order valence-corrected chi connectivity index (χ2v) is 15.0. The van der Waals surface area contributed by atoms with Crippen molar-refractivity contribution in [1.29, 1.82) is 0 Å². The molecule has 5 unspecified atom stereocenters. The van der Waals surface area contributed by atoms with Crippen LogP contribution in [0.3, 0.4) is 0 Å². The lowest BCUT2D eigenvalue weighted by Crippen LogP contribution is -2.46. The summed E-state index contributed by atoms with van der Waals surface area (Å²) in [7, 11) is 0. The number of rotatable bonds is 11. The average Bonchev–Trinajstić information content (AvgIpc) is 3.88. The molecule has 1 amide bonds. The van der Waals surface area contributed by atoms with Crippen LogP contribution in [0.15, 0.2) is 73.2 Å². The molecule has 3 aromatic heterocycles. The molecule has 282 valence electrons. The minimum atomic E-state index is -1.08. The molecule has 5 atom stereocenters. The van der Waals surface area contributed by atoms with E-state index >= 15 is 4.39 Å². The van der Waals surface area contributed by atoms with E-state index in [1.54, 1.807) is 18.2 Å². The number of ether oxygens (including phenoxy) is 1. The van der Waals surface area contributed by atoms with E-state index in [4.69, 9.17) is 26.3 Å². The number of aryl methyl sites for hydroxylation is 1. The van der Waals surface area contributed by atoms with Crippen LogP contribution < -0.4 is 20.9 Å². The fourth-order valence-electron chi connectivity index (χ4n) is 8.00. The molecule has 1 saturated heterocycles. The first-order chi connectivity index (χ1) is 26.2. The number of nitrogens with zero attached hydrogens (tertiary/aromatic N) is 6. The highest BCUT2D eigenvalue weighted by molar-refractivity contribution is 6.30. The Hall–Kier alpha value is -4.69. The fourth-order valence-corrected chi connectivity index (χ4v) is 8.16. The van der Waals surface area contributed by atoms with E-state index in [-0.39, 0.29) is 36.9 Å². The highest BCUT2D eigenvalue weighted by Crippen LogP contribution is 2.36. The molecule has 1 aliphatic carbocycles. The van der Waals surface area contributed by atoms with Gasteiger partial charge in [-0.2, -0.15) is 0 Å². The molecule has 5 aromatic rings. The number of imidazole rings is 2. The van der Waals surface area contributed by atoms with Gasteiger partial charge in [-0.05, 0) is 81.0 Å². The van der Waals surface area contributed by atoms with Crippen molar-refractivity contribution in [3.63, 3.8) is 0 Å². The van der Waals surface area contributed by atoms with Gasteiger partial charge in [0, 0.05) is 60.1 Å². The molecule has 2 aromatic carbocycles. The zero-order valence-electron chi connectivity index (χ0n) is 30.3. The number of alkyl halides is 1. The van der Waals surface area contributed by atoms with Gasteiger partial charge in [0.2, 0.25) is 11.8 Å². The van der Waals surface area contributed by atoms with Gasteiger partial charge in [-0.3, -0.25) is 20.5 Å². The molecule has 2 fully saturated rings. The maximum Gasteiger partial charge on any atom is 0.227 e. The number of benzene rings is 2. The number of hydrazine groups is 1. The summed E-state index contributed by atoms with van der Waals surface area (Å²) in [6.07, 6.45) is 6.47. The van der Waals surface area contributed by atoms with Crippen molar-refractivity contribution in [2.45, 2.75) is 77.6 Å². The summed E-state index contributed by atoms with van der Waals surface area (Å²) >= 11 is 5.89. The van der Waals surface area contributed by atoms with Crippen molar-refractivity contribution in [2.75, 3.05) is 18.4 Å². The Morgan fingerprint density at radius 2 is 1.98 bits per heavy atom. The quantitative estimate of drug-likeness (QED) is 0.140. The third kappa shape index (κ3) is 7.63. The summed E-state index contributed by atoms with van der Waals surface area (Å²) in [5.74, 6) is 0.438. The number of amides is 1. The largest absolute Gasteiger partial charge is 0.473 e. The van der Waals surface area contributed by atoms with Crippen LogP contribution in [-0.2, 0) is 31.0 Å². The molecule has 3 aliphatic rings. The first-order valence-electron chi connectivity index (χ1n) is 18.6. The van der Waals surface area contributed by atoms with Crippen LogP contribution in [0.25, 0.3) is 16.6 Å². The Kier molecular flexibility index (Phi) is 10.5. The molecule has 0 spiro atoms. The lowest BCUT2D eigenvalue weighted by molar-refractivity contribution is -0.122. The van der Waals surface area contributed by atoms with Gasteiger partial charge in [0.25, 0.3) is 0 Å². The molecule has 14 heteroatoms.